The molecule has 20 heavy (non-hydrogen) atoms. The Hall–Kier alpha value is -2.08. The number of carbonyl (C=O) groups is 2. The van der Waals surface area contributed by atoms with Gasteiger partial charge in [-0.25, -0.2) is 4.79 Å². The van der Waals surface area contributed by atoms with E-state index in [0.717, 1.165) is 0 Å². The highest BCUT2D eigenvalue weighted by Crippen LogP contribution is 2.11. The van der Waals surface area contributed by atoms with Crippen LogP contribution in [0.15, 0.2) is 24.3 Å². The van der Waals surface area contributed by atoms with Crippen LogP contribution in [0.3, 0.4) is 0 Å². The van der Waals surface area contributed by atoms with E-state index in [1.54, 1.807) is 12.1 Å². The molecule has 0 fully saturated rings. The molecule has 1 amide bonds. The van der Waals surface area contributed by atoms with Gasteiger partial charge in [0.25, 0.3) is 0 Å². The molecule has 6 heteroatoms. The van der Waals surface area contributed by atoms with E-state index in [1.165, 1.54) is 12.1 Å². The maximum absolute atomic E-state index is 11.3. The Morgan fingerprint density at radius 2 is 1.90 bits per heavy atom. The fraction of sp³-hybridized carbons (Fsp3) is 0.429. The number of aromatic carboxylic acids is 1. The number of carboxylic acids is 1. The molecular formula is C14H20N2O4. The van der Waals surface area contributed by atoms with Crippen molar-refractivity contribution in [2.45, 2.75) is 19.9 Å². The molecule has 1 aromatic rings. The summed E-state index contributed by atoms with van der Waals surface area (Å²) >= 11 is 0. The van der Waals surface area contributed by atoms with Crippen LogP contribution in [0.4, 0.5) is 0 Å². The number of ether oxygens (including phenoxy) is 1. The first-order chi connectivity index (χ1) is 9.49. The molecule has 3 N–H and O–H groups in total. The summed E-state index contributed by atoms with van der Waals surface area (Å²) in [4.78, 5) is 22.0. The predicted octanol–water partition coefficient (Wildman–Crippen LogP) is 0.878. The third-order valence-corrected chi connectivity index (χ3v) is 2.38. The molecule has 0 saturated heterocycles. The highest BCUT2D eigenvalue weighted by atomic mass is 16.5. The van der Waals surface area contributed by atoms with E-state index in [4.69, 9.17) is 9.84 Å². The van der Waals surface area contributed by atoms with Crippen molar-refractivity contribution < 1.29 is 19.4 Å². The number of rotatable bonds is 8. The van der Waals surface area contributed by atoms with Crippen molar-refractivity contribution in [1.29, 1.82) is 0 Å². The van der Waals surface area contributed by atoms with Gasteiger partial charge in [0.15, 0.2) is 0 Å². The average Bonchev–Trinajstić information content (AvgIpc) is 2.38. The zero-order valence-electron chi connectivity index (χ0n) is 11.7. The highest BCUT2D eigenvalue weighted by Gasteiger charge is 2.03. The van der Waals surface area contributed by atoms with E-state index in [0.29, 0.717) is 18.9 Å². The summed E-state index contributed by atoms with van der Waals surface area (Å²) in [6.45, 7) is 5.00. The molecule has 110 valence electrons. The van der Waals surface area contributed by atoms with Crippen LogP contribution in [0.2, 0.25) is 0 Å². The van der Waals surface area contributed by atoms with Crippen LogP contribution in [0.25, 0.3) is 0 Å². The maximum Gasteiger partial charge on any atom is 0.335 e. The molecule has 0 aromatic heterocycles. The zero-order chi connectivity index (χ0) is 15.0. The lowest BCUT2D eigenvalue weighted by atomic mass is 10.2. The van der Waals surface area contributed by atoms with Crippen molar-refractivity contribution in [1.82, 2.24) is 10.6 Å². The summed E-state index contributed by atoms with van der Waals surface area (Å²) in [7, 11) is 0. The van der Waals surface area contributed by atoms with Gasteiger partial charge in [0.2, 0.25) is 5.91 Å². The number of carbonyl (C=O) groups excluding carboxylic acids is 1. The largest absolute Gasteiger partial charge is 0.492 e. The molecule has 0 aliphatic heterocycles. The highest BCUT2D eigenvalue weighted by molar-refractivity contribution is 5.87. The number of amides is 1. The molecule has 6 nitrogen and oxygen atoms in total. The quantitative estimate of drug-likeness (QED) is 0.615. The van der Waals surface area contributed by atoms with Crippen molar-refractivity contribution in [2.24, 2.45) is 0 Å². The van der Waals surface area contributed by atoms with Crippen LogP contribution in [0.5, 0.6) is 5.75 Å². The number of carboxylic acid groups (broad SMARTS) is 1. The van der Waals surface area contributed by atoms with E-state index in [-0.39, 0.29) is 24.1 Å². The Labute approximate surface area is 118 Å². The van der Waals surface area contributed by atoms with Gasteiger partial charge >= 0.3 is 5.97 Å². The van der Waals surface area contributed by atoms with Crippen molar-refractivity contribution in [3.63, 3.8) is 0 Å². The second kappa shape index (κ2) is 8.16. The number of benzene rings is 1. The molecule has 0 bridgehead atoms. The van der Waals surface area contributed by atoms with Crippen molar-refractivity contribution in [2.75, 3.05) is 19.7 Å². The monoisotopic (exact) mass is 280 g/mol. The van der Waals surface area contributed by atoms with Gasteiger partial charge in [-0.15, -0.1) is 0 Å². The van der Waals surface area contributed by atoms with Gasteiger partial charge in [0, 0.05) is 12.6 Å². The predicted molar refractivity (Wildman–Crippen MR) is 75.0 cm³/mol. The van der Waals surface area contributed by atoms with Crippen LogP contribution < -0.4 is 15.4 Å². The van der Waals surface area contributed by atoms with E-state index < -0.39 is 5.97 Å². The van der Waals surface area contributed by atoms with Gasteiger partial charge in [-0.3, -0.25) is 4.79 Å². The fourth-order valence-corrected chi connectivity index (χ4v) is 1.51. The third kappa shape index (κ3) is 6.19. The van der Waals surface area contributed by atoms with Gasteiger partial charge < -0.3 is 20.5 Å². The Kier molecular flexibility index (Phi) is 6.52. The molecule has 0 unspecified atom stereocenters. The normalized spacial score (nSPS) is 10.3. The maximum atomic E-state index is 11.3. The van der Waals surface area contributed by atoms with Crippen LogP contribution in [0, 0.1) is 0 Å². The number of nitrogens with one attached hydrogen (secondary N) is 2. The first kappa shape index (κ1) is 16.0. The lowest BCUT2D eigenvalue weighted by molar-refractivity contribution is -0.120. The van der Waals surface area contributed by atoms with Gasteiger partial charge in [0.05, 0.1) is 12.1 Å². The zero-order valence-corrected chi connectivity index (χ0v) is 11.7. The molecule has 1 aromatic carbocycles. The van der Waals surface area contributed by atoms with Crippen molar-refractivity contribution >= 4 is 11.9 Å². The second-order valence-corrected chi connectivity index (χ2v) is 4.58. The second-order valence-electron chi connectivity index (χ2n) is 4.58. The summed E-state index contributed by atoms with van der Waals surface area (Å²) in [5, 5.41) is 14.5. The molecule has 0 aliphatic carbocycles. The van der Waals surface area contributed by atoms with E-state index >= 15 is 0 Å². The number of hydrogen-bond acceptors (Lipinski definition) is 4. The Bertz CT molecular complexity index is 443. The molecule has 0 atom stereocenters. The molecule has 1 rings (SSSR count). The molecule has 0 spiro atoms. The van der Waals surface area contributed by atoms with Crippen LogP contribution >= 0.6 is 0 Å². The number of hydrogen-bond donors (Lipinski definition) is 3. The Morgan fingerprint density at radius 1 is 1.25 bits per heavy atom. The Morgan fingerprint density at radius 3 is 2.45 bits per heavy atom. The summed E-state index contributed by atoms with van der Waals surface area (Å²) in [5.74, 6) is -0.413. The van der Waals surface area contributed by atoms with Gasteiger partial charge in [-0.2, -0.15) is 0 Å². The van der Waals surface area contributed by atoms with Gasteiger partial charge in [0.1, 0.15) is 12.4 Å². The van der Waals surface area contributed by atoms with Gasteiger partial charge in [-0.1, -0.05) is 0 Å². The molecular weight excluding hydrogens is 260 g/mol. The summed E-state index contributed by atoms with van der Waals surface area (Å²) in [6, 6.07) is 6.32. The lowest BCUT2D eigenvalue weighted by Crippen LogP contribution is -2.38. The molecule has 0 heterocycles. The third-order valence-electron chi connectivity index (χ3n) is 2.38. The van der Waals surface area contributed by atoms with Crippen LogP contribution in [0.1, 0.15) is 24.2 Å². The summed E-state index contributed by atoms with van der Waals surface area (Å²) < 4.78 is 5.42. The van der Waals surface area contributed by atoms with E-state index in [1.807, 2.05) is 13.8 Å². The molecule has 0 aliphatic rings. The first-order valence-corrected chi connectivity index (χ1v) is 6.45. The van der Waals surface area contributed by atoms with Crippen molar-refractivity contribution in [3.8, 4) is 5.75 Å². The topological polar surface area (TPSA) is 87.7 Å². The minimum Gasteiger partial charge on any atom is -0.492 e. The Balaban J connectivity index is 2.18. The fourth-order valence-electron chi connectivity index (χ4n) is 1.51. The minimum absolute atomic E-state index is 0.0502. The van der Waals surface area contributed by atoms with Crippen molar-refractivity contribution in [3.05, 3.63) is 29.8 Å². The minimum atomic E-state index is -0.964. The summed E-state index contributed by atoms with van der Waals surface area (Å²) in [5.41, 5.74) is 0.223. The van der Waals surface area contributed by atoms with Crippen LogP contribution in [-0.4, -0.2) is 42.7 Å². The standard InChI is InChI=1S/C14H20N2O4/c1-10(2)16-13(17)9-15-7-8-20-12-5-3-11(4-6-12)14(18)19/h3-6,10,15H,7-9H2,1-2H3,(H,16,17)(H,18,19). The first-order valence-electron chi connectivity index (χ1n) is 6.45. The summed E-state index contributed by atoms with van der Waals surface area (Å²) in [6.07, 6.45) is 0. The lowest BCUT2D eigenvalue weighted by Gasteiger charge is -2.10. The average molecular weight is 280 g/mol. The van der Waals surface area contributed by atoms with E-state index in [2.05, 4.69) is 10.6 Å². The molecule has 0 radical (unpaired) electrons. The molecule has 0 saturated carbocycles. The van der Waals surface area contributed by atoms with E-state index in [9.17, 15) is 9.59 Å². The smallest absolute Gasteiger partial charge is 0.335 e. The SMILES string of the molecule is CC(C)NC(=O)CNCCOc1ccc(C(=O)O)cc1. The van der Waals surface area contributed by atoms with Gasteiger partial charge in [-0.05, 0) is 38.1 Å². The van der Waals surface area contributed by atoms with Crippen LogP contribution in [-0.2, 0) is 4.79 Å².